The first-order chi connectivity index (χ1) is 15.9. The smallest absolute Gasteiger partial charge is 0.407 e. The topological polar surface area (TPSA) is 96.1 Å². The van der Waals surface area contributed by atoms with Crippen LogP contribution in [-0.4, -0.2) is 37.4 Å². The molecule has 1 aliphatic carbocycles. The van der Waals surface area contributed by atoms with E-state index in [1.54, 1.807) is 20.0 Å². The Morgan fingerprint density at radius 1 is 1.30 bits per heavy atom. The average molecular weight is 447 g/mol. The van der Waals surface area contributed by atoms with Crippen molar-refractivity contribution in [2.24, 2.45) is 9.98 Å². The van der Waals surface area contributed by atoms with E-state index in [1.165, 1.54) is 0 Å². The lowest BCUT2D eigenvalue weighted by Crippen LogP contribution is -2.27. The first kappa shape index (κ1) is 24.0. The molecule has 1 N–H and O–H groups in total. The van der Waals surface area contributed by atoms with Crippen LogP contribution in [-0.2, 0) is 11.2 Å². The largest absolute Gasteiger partial charge is 0.490 e. The van der Waals surface area contributed by atoms with Gasteiger partial charge < -0.3 is 14.8 Å². The van der Waals surface area contributed by atoms with Gasteiger partial charge in [0.1, 0.15) is 11.8 Å². The van der Waals surface area contributed by atoms with E-state index in [0.29, 0.717) is 23.8 Å². The number of nitrogens with one attached hydrogen (secondary N) is 1. The van der Waals surface area contributed by atoms with Crippen LogP contribution in [0.15, 0.2) is 46.4 Å². The van der Waals surface area contributed by atoms with Crippen LogP contribution in [0.1, 0.15) is 68.0 Å². The molecule has 0 aromatic heterocycles. The Morgan fingerprint density at radius 3 is 2.76 bits per heavy atom. The Morgan fingerprint density at radius 2 is 2.09 bits per heavy atom. The molecular formula is C26H30N4O3. The average Bonchev–Trinajstić information content (AvgIpc) is 3.20. The maximum atomic E-state index is 11.9. The summed E-state index contributed by atoms with van der Waals surface area (Å²) in [6, 6.07) is 13.6. The van der Waals surface area contributed by atoms with Crippen LogP contribution < -0.4 is 10.1 Å². The minimum atomic E-state index is -0.405. The van der Waals surface area contributed by atoms with Crippen molar-refractivity contribution in [3.05, 3.63) is 64.2 Å². The summed E-state index contributed by atoms with van der Waals surface area (Å²) >= 11 is 0. The van der Waals surface area contributed by atoms with Crippen LogP contribution in [0, 0.1) is 11.3 Å². The number of rotatable bonds is 6. The van der Waals surface area contributed by atoms with Crippen molar-refractivity contribution in [1.82, 2.24) is 5.32 Å². The lowest BCUT2D eigenvalue weighted by molar-refractivity contribution is 0.148. The molecule has 2 aromatic carbocycles. The predicted molar refractivity (Wildman–Crippen MR) is 129 cm³/mol. The molecule has 0 spiro atoms. The van der Waals surface area contributed by atoms with Gasteiger partial charge in [-0.25, -0.2) is 9.79 Å². The number of hydrogen-bond acceptors (Lipinski definition) is 5. The molecule has 1 amide bonds. The van der Waals surface area contributed by atoms with E-state index in [9.17, 15) is 10.1 Å². The summed E-state index contributed by atoms with van der Waals surface area (Å²) in [6.07, 6.45) is 1.19. The van der Waals surface area contributed by atoms with Crippen molar-refractivity contribution in [1.29, 1.82) is 5.26 Å². The van der Waals surface area contributed by atoms with E-state index < -0.39 is 6.09 Å². The summed E-state index contributed by atoms with van der Waals surface area (Å²) in [6.45, 7) is 7.88. The van der Waals surface area contributed by atoms with Gasteiger partial charge in [0.05, 0.1) is 24.3 Å². The van der Waals surface area contributed by atoms with Gasteiger partial charge in [0.25, 0.3) is 0 Å². The highest BCUT2D eigenvalue weighted by Gasteiger charge is 2.27. The highest BCUT2D eigenvalue weighted by Crippen LogP contribution is 2.34. The number of aliphatic imine (C=N–C) groups is 2. The molecule has 0 aliphatic heterocycles. The lowest BCUT2D eigenvalue weighted by atomic mass is 10.0. The predicted octanol–water partition coefficient (Wildman–Crippen LogP) is 4.96. The van der Waals surface area contributed by atoms with Crippen molar-refractivity contribution < 1.29 is 14.3 Å². The van der Waals surface area contributed by atoms with Crippen LogP contribution in [0.3, 0.4) is 0 Å². The molecule has 0 saturated carbocycles. The van der Waals surface area contributed by atoms with Gasteiger partial charge in [-0.3, -0.25) is 4.99 Å². The van der Waals surface area contributed by atoms with Gasteiger partial charge in [-0.1, -0.05) is 18.2 Å². The highest BCUT2D eigenvalue weighted by atomic mass is 16.5. The molecule has 0 bridgehead atoms. The Kier molecular flexibility index (Phi) is 7.83. The Hall–Kier alpha value is -3.66. The third-order valence-electron chi connectivity index (χ3n) is 5.44. The van der Waals surface area contributed by atoms with Crippen LogP contribution in [0.4, 0.5) is 4.79 Å². The number of nitrogens with zero attached hydrogens (tertiary/aromatic N) is 3. The van der Waals surface area contributed by atoms with E-state index >= 15 is 0 Å². The summed E-state index contributed by atoms with van der Waals surface area (Å²) in [5.41, 5.74) is 5.20. The Balaban J connectivity index is 1.90. The van der Waals surface area contributed by atoms with Crippen LogP contribution in [0.25, 0.3) is 0 Å². The summed E-state index contributed by atoms with van der Waals surface area (Å²) < 4.78 is 10.8. The van der Waals surface area contributed by atoms with E-state index in [1.807, 2.05) is 51.1 Å². The quantitative estimate of drug-likeness (QED) is 0.501. The summed E-state index contributed by atoms with van der Waals surface area (Å²) in [5, 5.41) is 12.5. The molecule has 1 atom stereocenters. The van der Waals surface area contributed by atoms with Crippen molar-refractivity contribution in [2.75, 3.05) is 13.7 Å². The molecule has 0 radical (unpaired) electrons. The minimum Gasteiger partial charge on any atom is -0.490 e. The molecule has 1 aliphatic rings. The second-order valence-electron chi connectivity index (χ2n) is 8.06. The van der Waals surface area contributed by atoms with Crippen LogP contribution in [0.2, 0.25) is 0 Å². The second-order valence-corrected chi connectivity index (χ2v) is 8.06. The highest BCUT2D eigenvalue weighted by molar-refractivity contribution is 6.12. The molecule has 172 valence electrons. The summed E-state index contributed by atoms with van der Waals surface area (Å²) in [7, 11) is 1.72. The SMILES string of the molecule is CCOC(=O)N[C@H]1CCc2c(C(N=C(C)c3ccc(OC(C)C)c(C#N)c3)=NC)cccc21. The van der Waals surface area contributed by atoms with E-state index in [-0.39, 0.29) is 12.1 Å². The third kappa shape index (κ3) is 5.58. The van der Waals surface area contributed by atoms with Gasteiger partial charge in [-0.15, -0.1) is 0 Å². The monoisotopic (exact) mass is 446 g/mol. The molecule has 3 rings (SSSR count). The van der Waals surface area contributed by atoms with E-state index in [4.69, 9.17) is 14.5 Å². The zero-order valence-corrected chi connectivity index (χ0v) is 19.8. The fourth-order valence-corrected chi connectivity index (χ4v) is 3.98. The van der Waals surface area contributed by atoms with Crippen molar-refractivity contribution in [3.63, 3.8) is 0 Å². The standard InChI is InChI=1S/C26H30N4O3/c1-6-32-26(31)30-23-12-11-20-21(23)8-7-9-22(20)25(28-5)29-17(4)18-10-13-24(33-16(2)3)19(14-18)15-27/h7-10,13-14,16,23H,6,11-12H2,1-5H3,(H,30,31)/t23-/m0/s1. The second kappa shape index (κ2) is 10.8. The zero-order chi connectivity index (χ0) is 24.0. The van der Waals surface area contributed by atoms with E-state index in [2.05, 4.69) is 16.4 Å². The van der Waals surface area contributed by atoms with Gasteiger partial charge >= 0.3 is 6.09 Å². The molecule has 33 heavy (non-hydrogen) atoms. The van der Waals surface area contributed by atoms with Gasteiger partial charge in [-0.2, -0.15) is 5.26 Å². The number of hydrogen-bond donors (Lipinski definition) is 1. The number of alkyl carbamates (subject to hydrolysis) is 1. The van der Waals surface area contributed by atoms with Gasteiger partial charge in [0.2, 0.25) is 0 Å². The molecule has 0 fully saturated rings. The Labute approximate surface area is 195 Å². The van der Waals surface area contributed by atoms with Gasteiger partial charge in [0.15, 0.2) is 5.84 Å². The number of carbonyl (C=O) groups is 1. The van der Waals surface area contributed by atoms with Crippen molar-refractivity contribution in [2.45, 2.75) is 52.7 Å². The van der Waals surface area contributed by atoms with Gasteiger partial charge in [0, 0.05) is 18.3 Å². The zero-order valence-electron chi connectivity index (χ0n) is 19.8. The molecule has 0 unspecified atom stereocenters. The Bertz CT molecular complexity index is 1130. The molecule has 7 heteroatoms. The van der Waals surface area contributed by atoms with Gasteiger partial charge in [-0.05, 0) is 75.4 Å². The fourth-order valence-electron chi connectivity index (χ4n) is 3.98. The number of carbonyl (C=O) groups excluding carboxylic acids is 1. The summed E-state index contributed by atoms with van der Waals surface area (Å²) in [4.78, 5) is 21.2. The van der Waals surface area contributed by atoms with Crippen molar-refractivity contribution >= 4 is 17.6 Å². The van der Waals surface area contributed by atoms with E-state index in [0.717, 1.165) is 40.8 Å². The maximum absolute atomic E-state index is 11.9. The number of amides is 1. The van der Waals surface area contributed by atoms with Crippen molar-refractivity contribution in [3.8, 4) is 11.8 Å². The molecule has 2 aromatic rings. The number of fused-ring (bicyclic) bond motifs is 1. The fraction of sp³-hybridized carbons (Fsp3) is 0.385. The first-order valence-electron chi connectivity index (χ1n) is 11.2. The number of ether oxygens (including phenoxy) is 2. The molecule has 7 nitrogen and oxygen atoms in total. The third-order valence-corrected chi connectivity index (χ3v) is 5.44. The van der Waals surface area contributed by atoms with Crippen LogP contribution >= 0.6 is 0 Å². The molecular weight excluding hydrogens is 416 g/mol. The number of amidine groups is 1. The molecule has 0 saturated heterocycles. The normalized spacial score (nSPS) is 15.7. The number of benzene rings is 2. The number of nitriles is 1. The van der Waals surface area contributed by atoms with Crippen LogP contribution in [0.5, 0.6) is 5.75 Å². The molecule has 0 heterocycles. The maximum Gasteiger partial charge on any atom is 0.407 e. The minimum absolute atomic E-state index is 0.0149. The lowest BCUT2D eigenvalue weighted by Gasteiger charge is -2.15. The summed E-state index contributed by atoms with van der Waals surface area (Å²) in [5.74, 6) is 1.18. The first-order valence-corrected chi connectivity index (χ1v) is 11.2.